The lowest BCUT2D eigenvalue weighted by molar-refractivity contribution is -0.139. The lowest BCUT2D eigenvalue weighted by Gasteiger charge is -2.25. The Labute approximate surface area is 191 Å². The molecule has 1 amide bonds. The van der Waals surface area contributed by atoms with Crippen LogP contribution in [0.2, 0.25) is 0 Å². The van der Waals surface area contributed by atoms with Gasteiger partial charge in [-0.25, -0.2) is 0 Å². The van der Waals surface area contributed by atoms with E-state index in [1.807, 2.05) is 42.5 Å². The van der Waals surface area contributed by atoms with Gasteiger partial charge in [0.05, 0.1) is 0 Å². The van der Waals surface area contributed by atoms with Crippen molar-refractivity contribution in [3.8, 4) is 11.1 Å². The molecular formula is C24H25N2O6P. The number of hydrogen-bond acceptors (Lipinski definition) is 4. The van der Waals surface area contributed by atoms with Crippen LogP contribution in [-0.2, 0) is 20.6 Å². The van der Waals surface area contributed by atoms with E-state index in [4.69, 9.17) is 0 Å². The average Bonchev–Trinajstić information content (AvgIpc) is 2.77. The first-order chi connectivity index (χ1) is 15.6. The second-order valence-electron chi connectivity index (χ2n) is 7.62. The Morgan fingerprint density at radius 2 is 1.45 bits per heavy atom. The molecule has 0 aliphatic rings. The number of carbonyl (C=O) groups is 2. The second kappa shape index (κ2) is 10.6. The fourth-order valence-corrected chi connectivity index (χ4v) is 4.38. The van der Waals surface area contributed by atoms with E-state index in [2.05, 4.69) is 10.6 Å². The first-order valence-corrected chi connectivity index (χ1v) is 11.9. The number of hydrogen-bond donors (Lipinski definition) is 5. The van der Waals surface area contributed by atoms with Crippen molar-refractivity contribution in [1.29, 1.82) is 0 Å². The predicted molar refractivity (Wildman–Crippen MR) is 126 cm³/mol. The highest BCUT2D eigenvalue weighted by molar-refractivity contribution is 7.52. The molecule has 0 radical (unpaired) electrons. The smallest absolute Gasteiger partial charge is 0.346 e. The van der Waals surface area contributed by atoms with Crippen molar-refractivity contribution in [2.24, 2.45) is 0 Å². The Bertz CT molecular complexity index is 1140. The van der Waals surface area contributed by atoms with Crippen LogP contribution in [-0.4, -0.2) is 32.8 Å². The lowest BCUT2D eigenvalue weighted by atomic mass is 10.0. The summed E-state index contributed by atoms with van der Waals surface area (Å²) in [4.78, 5) is 42.9. The molecule has 0 spiro atoms. The van der Waals surface area contributed by atoms with E-state index in [1.54, 1.807) is 12.1 Å². The third kappa shape index (κ3) is 6.84. The van der Waals surface area contributed by atoms with E-state index in [-0.39, 0.29) is 17.9 Å². The number of amides is 1. The molecule has 172 valence electrons. The number of carbonyl (C=O) groups excluding carboxylic acids is 1. The van der Waals surface area contributed by atoms with Gasteiger partial charge < -0.3 is 20.2 Å². The Morgan fingerprint density at radius 1 is 0.879 bits per heavy atom. The Kier molecular flexibility index (Phi) is 7.79. The monoisotopic (exact) mass is 468 g/mol. The van der Waals surface area contributed by atoms with Crippen LogP contribution in [0.15, 0.2) is 78.9 Å². The van der Waals surface area contributed by atoms with Crippen LogP contribution in [0.4, 0.5) is 5.69 Å². The molecule has 3 aromatic carbocycles. The van der Waals surface area contributed by atoms with E-state index >= 15 is 0 Å². The number of benzene rings is 3. The number of carboxylic acids is 1. The summed E-state index contributed by atoms with van der Waals surface area (Å²) < 4.78 is 12.2. The molecule has 2 atom stereocenters. The number of rotatable bonds is 9. The highest BCUT2D eigenvalue weighted by atomic mass is 31.2. The van der Waals surface area contributed by atoms with Gasteiger partial charge in [-0.2, -0.15) is 0 Å². The quantitative estimate of drug-likeness (QED) is 0.302. The van der Waals surface area contributed by atoms with Crippen molar-refractivity contribution >= 4 is 25.2 Å². The Morgan fingerprint density at radius 3 is 1.97 bits per heavy atom. The first kappa shape index (κ1) is 24.4. The molecule has 33 heavy (non-hydrogen) atoms. The summed E-state index contributed by atoms with van der Waals surface area (Å²) >= 11 is 0. The van der Waals surface area contributed by atoms with Gasteiger partial charge in [-0.15, -0.1) is 0 Å². The van der Waals surface area contributed by atoms with Crippen molar-refractivity contribution in [1.82, 2.24) is 5.32 Å². The maximum Gasteiger partial charge on any atom is 0.346 e. The van der Waals surface area contributed by atoms with Gasteiger partial charge in [0.2, 0.25) is 5.91 Å². The summed E-state index contributed by atoms with van der Waals surface area (Å²) in [5.41, 5.74) is 3.39. The summed E-state index contributed by atoms with van der Waals surface area (Å²) in [5, 5.41) is 14.9. The van der Waals surface area contributed by atoms with Crippen LogP contribution in [0.25, 0.3) is 11.1 Å². The fourth-order valence-electron chi connectivity index (χ4n) is 3.45. The zero-order valence-electron chi connectivity index (χ0n) is 17.9. The average molecular weight is 468 g/mol. The number of carboxylic acid groups (broad SMARTS) is 1. The maximum atomic E-state index is 12.2. The fraction of sp³-hybridized carbons (Fsp3) is 0.167. The summed E-state index contributed by atoms with van der Waals surface area (Å²) in [6.45, 7) is 1.35. The summed E-state index contributed by atoms with van der Waals surface area (Å²) in [5.74, 6) is -3.03. The maximum absolute atomic E-state index is 12.2. The molecule has 1 unspecified atom stereocenters. The van der Waals surface area contributed by atoms with E-state index < -0.39 is 25.4 Å². The molecule has 0 aliphatic carbocycles. The van der Waals surface area contributed by atoms with Gasteiger partial charge in [-0.05, 0) is 40.8 Å². The topological polar surface area (TPSA) is 136 Å². The molecule has 0 saturated carbocycles. The van der Waals surface area contributed by atoms with Gasteiger partial charge in [-0.3, -0.25) is 19.5 Å². The summed E-state index contributed by atoms with van der Waals surface area (Å²) in [6.07, 6.45) is 0.0326. The minimum atomic E-state index is -4.75. The van der Waals surface area contributed by atoms with Gasteiger partial charge in [0.1, 0.15) is 11.8 Å². The van der Waals surface area contributed by atoms with Crippen molar-refractivity contribution in [3.63, 3.8) is 0 Å². The molecule has 0 aromatic heterocycles. The zero-order chi connectivity index (χ0) is 24.0. The van der Waals surface area contributed by atoms with E-state index in [0.29, 0.717) is 11.3 Å². The van der Waals surface area contributed by atoms with Crippen LogP contribution in [0.5, 0.6) is 0 Å². The van der Waals surface area contributed by atoms with E-state index in [0.717, 1.165) is 11.1 Å². The standard InChI is InChI=1S/C24H25N2O6P/c1-16(27)25-21-13-11-20(12-14-21)23(33(30,31)32)26-22(24(28)29)15-17-7-9-19(10-8-17)18-5-3-2-4-6-18/h2-14,22-23,26H,15H2,1H3,(H,25,27)(H,28,29)(H2,30,31,32)/t22-,23?/m0/s1. The molecule has 5 N–H and O–H groups in total. The van der Waals surface area contributed by atoms with E-state index in [1.165, 1.54) is 31.2 Å². The molecule has 0 heterocycles. The van der Waals surface area contributed by atoms with Gasteiger partial charge >= 0.3 is 13.6 Å². The second-order valence-corrected chi connectivity index (χ2v) is 9.31. The van der Waals surface area contributed by atoms with Gasteiger partial charge in [0, 0.05) is 12.6 Å². The largest absolute Gasteiger partial charge is 0.480 e. The van der Waals surface area contributed by atoms with Gasteiger partial charge in [-0.1, -0.05) is 66.7 Å². The number of anilines is 1. The molecule has 0 bridgehead atoms. The lowest BCUT2D eigenvalue weighted by Crippen LogP contribution is -2.40. The SMILES string of the molecule is CC(=O)Nc1ccc(C(N[C@@H](Cc2ccc(-c3ccccc3)cc2)C(=O)O)P(=O)(O)O)cc1. The minimum Gasteiger partial charge on any atom is -0.480 e. The summed E-state index contributed by atoms with van der Waals surface area (Å²) in [7, 11) is -4.75. The van der Waals surface area contributed by atoms with Crippen LogP contribution in [0, 0.1) is 0 Å². The molecular weight excluding hydrogens is 443 g/mol. The first-order valence-electron chi connectivity index (χ1n) is 10.2. The minimum absolute atomic E-state index is 0.0326. The normalized spacial score (nSPS) is 13.2. The molecule has 3 rings (SSSR count). The molecule has 0 saturated heterocycles. The molecule has 0 aliphatic heterocycles. The highest BCUT2D eigenvalue weighted by Gasteiger charge is 2.34. The van der Waals surface area contributed by atoms with Gasteiger partial charge in [0.25, 0.3) is 0 Å². The van der Waals surface area contributed by atoms with Crippen molar-refractivity contribution in [3.05, 3.63) is 90.0 Å². The van der Waals surface area contributed by atoms with E-state index in [9.17, 15) is 29.0 Å². The summed E-state index contributed by atoms with van der Waals surface area (Å²) in [6, 6.07) is 21.7. The van der Waals surface area contributed by atoms with Crippen LogP contribution in [0.3, 0.4) is 0 Å². The number of nitrogens with one attached hydrogen (secondary N) is 2. The molecule has 0 fully saturated rings. The van der Waals surface area contributed by atoms with Crippen LogP contribution >= 0.6 is 7.60 Å². The Hall–Kier alpha value is -3.29. The number of aliphatic carboxylic acids is 1. The van der Waals surface area contributed by atoms with Crippen molar-refractivity contribution in [2.75, 3.05) is 5.32 Å². The van der Waals surface area contributed by atoms with Crippen LogP contribution < -0.4 is 10.6 Å². The van der Waals surface area contributed by atoms with Crippen LogP contribution in [0.1, 0.15) is 23.8 Å². The van der Waals surface area contributed by atoms with Crippen molar-refractivity contribution in [2.45, 2.75) is 25.2 Å². The third-order valence-corrected chi connectivity index (χ3v) is 6.16. The predicted octanol–water partition coefficient (Wildman–Crippen LogP) is 3.77. The molecule has 9 heteroatoms. The van der Waals surface area contributed by atoms with Gasteiger partial charge in [0.15, 0.2) is 0 Å². The molecule has 3 aromatic rings. The molecule has 8 nitrogen and oxygen atoms in total. The highest BCUT2D eigenvalue weighted by Crippen LogP contribution is 2.50. The third-order valence-electron chi connectivity index (χ3n) is 5.04. The van der Waals surface area contributed by atoms with Crippen molar-refractivity contribution < 1.29 is 29.0 Å². The Balaban J connectivity index is 1.79. The zero-order valence-corrected chi connectivity index (χ0v) is 18.8.